The monoisotopic (exact) mass is 1210 g/mol. The molecule has 11 heteroatoms. The Bertz CT molecular complexity index is 5470. The van der Waals surface area contributed by atoms with Crippen LogP contribution in [0.15, 0.2) is 297 Å². The van der Waals surface area contributed by atoms with Gasteiger partial charge in [-0.2, -0.15) is 23.7 Å². The Labute approximate surface area is 538 Å². The van der Waals surface area contributed by atoms with Crippen molar-refractivity contribution in [3.8, 4) is 125 Å². The molecule has 442 valence electrons. The van der Waals surface area contributed by atoms with Crippen LogP contribution in [0.2, 0.25) is 0 Å². The first-order valence-electron chi connectivity index (χ1n) is 30.6. The lowest BCUT2D eigenvalue weighted by molar-refractivity contribution is -0.137. The Morgan fingerprint density at radius 1 is 0.277 bits per heavy atom. The van der Waals surface area contributed by atoms with Crippen LogP contribution >= 0.6 is 0 Å². The smallest absolute Gasteiger partial charge is 0.307 e. The first-order valence-corrected chi connectivity index (χ1v) is 30.6. The molecule has 0 saturated carbocycles. The third kappa shape index (κ3) is 10.3. The van der Waals surface area contributed by atoms with Crippen molar-refractivity contribution >= 4 is 43.6 Å². The number of aromatic nitrogens is 6. The van der Waals surface area contributed by atoms with Crippen molar-refractivity contribution < 1.29 is 13.2 Å². The van der Waals surface area contributed by atoms with Gasteiger partial charge in [-0.15, -0.1) is 0 Å². The largest absolute Gasteiger partial charge is 0.416 e. The molecule has 6 aromatic heterocycles. The van der Waals surface area contributed by atoms with Gasteiger partial charge in [0.15, 0.2) is 0 Å². The first kappa shape index (κ1) is 56.4. The molecule has 8 nitrogen and oxygen atoms in total. The maximum Gasteiger partial charge on any atom is 0.416 e. The van der Waals surface area contributed by atoms with E-state index in [-0.39, 0.29) is 22.3 Å². The topological polar surface area (TPSA) is 109 Å². The highest BCUT2D eigenvalue weighted by molar-refractivity contribution is 6.14. The van der Waals surface area contributed by atoms with Gasteiger partial charge in [0.25, 0.3) is 0 Å². The molecular weight excluding hydrogens is 1170 g/mol. The molecule has 16 aromatic rings. The molecule has 0 radical (unpaired) electrons. The van der Waals surface area contributed by atoms with Crippen LogP contribution in [0.4, 0.5) is 13.2 Å². The SMILES string of the molecule is N#Cc1cc(-c2cc(-n3c4cc(-c5cccc(-c6ccccc6)n5)ccc4c4ccc(-c5cccc(-c6ccccc6)n5)cc43)c(-n3c4cc(-c5cccc(-c6ccccc6)n5)ccc4c4ccc(-c5cccc(-c6ccccc6)n5)cc43)cc2C#N)cc(C(F)(F)F)c1. The molecule has 0 fully saturated rings. The van der Waals surface area contributed by atoms with Crippen molar-refractivity contribution in [3.05, 3.63) is 314 Å². The Kier molecular flexibility index (Phi) is 13.9. The van der Waals surface area contributed by atoms with Gasteiger partial charge in [0.1, 0.15) is 0 Å². The molecule has 0 bridgehead atoms. The number of alkyl halides is 3. The van der Waals surface area contributed by atoms with Gasteiger partial charge in [-0.05, 0) is 109 Å². The highest BCUT2D eigenvalue weighted by atomic mass is 19.4. The normalized spacial score (nSPS) is 11.5. The molecular formula is C83H49F3N8. The Balaban J connectivity index is 1.03. The Hall–Kier alpha value is -12.8. The van der Waals surface area contributed by atoms with E-state index in [0.29, 0.717) is 22.8 Å². The Morgan fingerprint density at radius 2 is 0.585 bits per heavy atom. The fourth-order valence-corrected chi connectivity index (χ4v) is 12.9. The van der Waals surface area contributed by atoms with E-state index in [0.717, 1.165) is 134 Å². The summed E-state index contributed by atoms with van der Waals surface area (Å²) in [6, 6.07) is 100. The number of benzene rings is 10. The highest BCUT2D eigenvalue weighted by Gasteiger charge is 2.32. The molecule has 0 saturated heterocycles. The number of rotatable bonds is 11. The van der Waals surface area contributed by atoms with Crippen LogP contribution in [0.5, 0.6) is 0 Å². The Morgan fingerprint density at radius 3 is 0.883 bits per heavy atom. The molecule has 0 unspecified atom stereocenters. The van der Waals surface area contributed by atoms with E-state index in [1.807, 2.05) is 206 Å². The molecule has 6 heterocycles. The number of nitriles is 2. The lowest BCUT2D eigenvalue weighted by Gasteiger charge is -2.20. The van der Waals surface area contributed by atoms with Crippen molar-refractivity contribution in [3.63, 3.8) is 0 Å². The molecule has 0 spiro atoms. The summed E-state index contributed by atoms with van der Waals surface area (Å²) in [4.78, 5) is 20.9. The summed E-state index contributed by atoms with van der Waals surface area (Å²) in [7, 11) is 0. The van der Waals surface area contributed by atoms with Crippen LogP contribution in [-0.4, -0.2) is 29.1 Å². The summed E-state index contributed by atoms with van der Waals surface area (Å²) in [5.74, 6) is 0. The van der Waals surface area contributed by atoms with Crippen LogP contribution in [-0.2, 0) is 6.18 Å². The van der Waals surface area contributed by atoms with Crippen molar-refractivity contribution in [2.24, 2.45) is 0 Å². The van der Waals surface area contributed by atoms with Gasteiger partial charge in [-0.25, -0.2) is 19.9 Å². The predicted octanol–water partition coefficient (Wildman–Crippen LogP) is 21.2. The molecule has 94 heavy (non-hydrogen) atoms. The molecule has 16 rings (SSSR count). The number of hydrogen-bond acceptors (Lipinski definition) is 6. The van der Waals surface area contributed by atoms with Crippen LogP contribution in [0.25, 0.3) is 156 Å². The van der Waals surface area contributed by atoms with E-state index >= 15 is 13.2 Å². The van der Waals surface area contributed by atoms with Gasteiger partial charge in [0.05, 0.1) is 108 Å². The van der Waals surface area contributed by atoms with Crippen molar-refractivity contribution in [1.29, 1.82) is 10.5 Å². The van der Waals surface area contributed by atoms with E-state index in [2.05, 4.69) is 88.0 Å². The van der Waals surface area contributed by atoms with Crippen molar-refractivity contribution in [1.82, 2.24) is 29.1 Å². The quantitative estimate of drug-likeness (QED) is 0.128. The summed E-state index contributed by atoms with van der Waals surface area (Å²) in [5.41, 5.74) is 16.3. The van der Waals surface area contributed by atoms with E-state index in [9.17, 15) is 10.5 Å². The van der Waals surface area contributed by atoms with E-state index in [4.69, 9.17) is 19.9 Å². The first-order chi connectivity index (χ1) is 46.1. The van der Waals surface area contributed by atoms with Crippen LogP contribution in [0.1, 0.15) is 16.7 Å². The second kappa shape index (κ2) is 23.2. The zero-order valence-corrected chi connectivity index (χ0v) is 50.0. The summed E-state index contributed by atoms with van der Waals surface area (Å²) >= 11 is 0. The molecule has 0 atom stereocenters. The van der Waals surface area contributed by atoms with Crippen molar-refractivity contribution in [2.45, 2.75) is 6.18 Å². The average molecular weight is 1220 g/mol. The highest BCUT2D eigenvalue weighted by Crippen LogP contribution is 2.45. The maximum atomic E-state index is 15.1. The zero-order chi connectivity index (χ0) is 63.4. The van der Waals surface area contributed by atoms with Gasteiger partial charge in [-0.1, -0.05) is 194 Å². The molecule has 0 aliphatic carbocycles. The average Bonchev–Trinajstić information content (AvgIpc) is 1.54. The van der Waals surface area contributed by atoms with E-state index in [1.165, 1.54) is 6.07 Å². The standard InChI is InChI=1S/C83H49F3N8/c84-83(85,86)63-42-52(50-87)41-61(43-63)68-49-82(94-79-46-59(75-31-15-27-71(91-75)55-21-9-3-10-22-55)35-39-66(79)67-40-36-60(47-80(67)94)76-32-16-28-72(92-76)56-23-11-4-12-24-56)81(48-62(68)51-88)93-77-44-57(73-29-13-25-69(89-73)53-17-5-1-6-18-53)33-37-64(77)65-38-34-58(45-78(65)93)74-30-14-26-70(90-74)54-19-7-2-8-20-54/h1-49H. The molecule has 0 aliphatic rings. The fraction of sp³-hybridized carbons (Fsp3) is 0.0120. The van der Waals surface area contributed by atoms with Gasteiger partial charge < -0.3 is 9.13 Å². The number of nitrogens with zero attached hydrogens (tertiary/aromatic N) is 8. The van der Waals surface area contributed by atoms with Crippen LogP contribution in [0.3, 0.4) is 0 Å². The minimum Gasteiger partial charge on any atom is -0.307 e. The number of pyridine rings is 4. The lowest BCUT2D eigenvalue weighted by Crippen LogP contribution is -2.07. The second-order valence-electron chi connectivity index (χ2n) is 23.1. The molecule has 10 aromatic carbocycles. The predicted molar refractivity (Wildman–Crippen MR) is 370 cm³/mol. The van der Waals surface area contributed by atoms with Crippen LogP contribution in [0, 0.1) is 22.7 Å². The van der Waals surface area contributed by atoms with Gasteiger partial charge in [0, 0.05) is 71.6 Å². The minimum absolute atomic E-state index is 0.0438. The number of fused-ring (bicyclic) bond motifs is 6. The lowest BCUT2D eigenvalue weighted by atomic mass is 9.94. The van der Waals surface area contributed by atoms with Crippen LogP contribution < -0.4 is 0 Å². The molecule has 0 N–H and O–H groups in total. The summed E-state index contributed by atoms with van der Waals surface area (Å²) < 4.78 is 49.6. The number of halogens is 3. The number of hydrogen-bond donors (Lipinski definition) is 0. The van der Waals surface area contributed by atoms with Gasteiger partial charge >= 0.3 is 6.18 Å². The molecule has 0 amide bonds. The summed E-state index contributed by atoms with van der Waals surface area (Å²) in [6.45, 7) is 0. The van der Waals surface area contributed by atoms with E-state index in [1.54, 1.807) is 6.07 Å². The third-order valence-corrected chi connectivity index (χ3v) is 17.4. The summed E-state index contributed by atoms with van der Waals surface area (Å²) in [5, 5.41) is 25.5. The molecule has 0 aliphatic heterocycles. The van der Waals surface area contributed by atoms with Gasteiger partial charge in [-0.3, -0.25) is 0 Å². The van der Waals surface area contributed by atoms with E-state index < -0.39 is 11.7 Å². The minimum atomic E-state index is -4.82. The summed E-state index contributed by atoms with van der Waals surface area (Å²) in [6.07, 6.45) is -4.82. The third-order valence-electron chi connectivity index (χ3n) is 17.4. The fourth-order valence-electron chi connectivity index (χ4n) is 12.9. The maximum absolute atomic E-state index is 15.1. The van der Waals surface area contributed by atoms with Gasteiger partial charge in [0.2, 0.25) is 0 Å². The second-order valence-corrected chi connectivity index (χ2v) is 23.1. The van der Waals surface area contributed by atoms with Crippen molar-refractivity contribution in [2.75, 3.05) is 0 Å². The zero-order valence-electron chi connectivity index (χ0n) is 50.0.